The molecule has 0 spiro atoms. The molecule has 0 unspecified atom stereocenters. The van der Waals surface area contributed by atoms with Crippen LogP contribution in [0.2, 0.25) is 0 Å². The van der Waals surface area contributed by atoms with Gasteiger partial charge in [-0.1, -0.05) is 0 Å². The molecule has 2 amide bonds. The highest BCUT2D eigenvalue weighted by Crippen LogP contribution is 2.07. The van der Waals surface area contributed by atoms with E-state index in [0.717, 1.165) is 0 Å². The molecule has 0 saturated heterocycles. The van der Waals surface area contributed by atoms with Crippen LogP contribution in [0.15, 0.2) is 24.3 Å². The molecule has 19 heavy (non-hydrogen) atoms. The van der Waals surface area contributed by atoms with Crippen molar-refractivity contribution in [2.45, 2.75) is 6.42 Å². The number of halogens is 2. The first-order chi connectivity index (χ1) is 8.61. The van der Waals surface area contributed by atoms with Gasteiger partial charge >= 0.3 is 0 Å². The minimum Gasteiger partial charge on any atom is -0.347 e. The number of benzene rings is 1. The van der Waals surface area contributed by atoms with Gasteiger partial charge in [-0.05, 0) is 31.3 Å². The van der Waals surface area contributed by atoms with Gasteiger partial charge in [0, 0.05) is 18.7 Å². The van der Waals surface area contributed by atoms with E-state index in [-0.39, 0.29) is 36.6 Å². The molecule has 1 aromatic rings. The van der Waals surface area contributed by atoms with Gasteiger partial charge in [0.1, 0.15) is 5.82 Å². The summed E-state index contributed by atoms with van der Waals surface area (Å²) in [6.45, 7) is 0.464. The standard InChI is InChI=1S/C12H16FN3O2.ClH/c1-14-7-6-11(17)15-8-12(18)16-10-4-2-9(13)3-5-10;/h2-5,14H,6-8H2,1H3,(H,15,17)(H,16,18);1H. The Kier molecular flexibility index (Phi) is 8.48. The number of anilines is 1. The first-order valence-corrected chi connectivity index (χ1v) is 5.58. The Balaban J connectivity index is 0.00000324. The summed E-state index contributed by atoms with van der Waals surface area (Å²) in [6.07, 6.45) is 0.320. The van der Waals surface area contributed by atoms with Gasteiger partial charge in [0.25, 0.3) is 0 Å². The van der Waals surface area contributed by atoms with E-state index in [9.17, 15) is 14.0 Å². The second-order valence-corrected chi connectivity index (χ2v) is 3.69. The van der Waals surface area contributed by atoms with Gasteiger partial charge in [-0.15, -0.1) is 12.4 Å². The molecule has 0 heterocycles. The van der Waals surface area contributed by atoms with E-state index in [4.69, 9.17) is 0 Å². The van der Waals surface area contributed by atoms with Crippen molar-refractivity contribution >= 4 is 29.9 Å². The molecule has 1 rings (SSSR count). The van der Waals surface area contributed by atoms with E-state index in [1.165, 1.54) is 24.3 Å². The molecular formula is C12H17ClFN3O2. The Bertz CT molecular complexity index is 412. The summed E-state index contributed by atoms with van der Waals surface area (Å²) >= 11 is 0. The Morgan fingerprint density at radius 3 is 2.37 bits per heavy atom. The van der Waals surface area contributed by atoms with E-state index in [2.05, 4.69) is 16.0 Å². The Morgan fingerprint density at radius 2 is 1.79 bits per heavy atom. The third-order valence-corrected chi connectivity index (χ3v) is 2.18. The Hall–Kier alpha value is -1.66. The van der Waals surface area contributed by atoms with Gasteiger partial charge in [0.2, 0.25) is 11.8 Å². The van der Waals surface area contributed by atoms with Gasteiger partial charge in [-0.25, -0.2) is 4.39 Å². The number of amides is 2. The minimum absolute atomic E-state index is 0. The van der Waals surface area contributed by atoms with Crippen molar-refractivity contribution in [3.63, 3.8) is 0 Å². The van der Waals surface area contributed by atoms with Gasteiger partial charge in [-0.2, -0.15) is 0 Å². The van der Waals surface area contributed by atoms with Crippen LogP contribution in [0.5, 0.6) is 0 Å². The lowest BCUT2D eigenvalue weighted by Gasteiger charge is -2.06. The number of carbonyl (C=O) groups is 2. The lowest BCUT2D eigenvalue weighted by atomic mass is 10.3. The van der Waals surface area contributed by atoms with Crippen LogP contribution in [0.3, 0.4) is 0 Å². The quantitative estimate of drug-likeness (QED) is 0.729. The largest absolute Gasteiger partial charge is 0.347 e. The van der Waals surface area contributed by atoms with Crippen LogP contribution in [-0.4, -0.2) is 32.0 Å². The summed E-state index contributed by atoms with van der Waals surface area (Å²) in [5.41, 5.74) is 0.492. The molecule has 7 heteroatoms. The summed E-state index contributed by atoms with van der Waals surface area (Å²) in [5.74, 6) is -0.911. The van der Waals surface area contributed by atoms with Crippen LogP contribution in [0.4, 0.5) is 10.1 Å². The SMILES string of the molecule is CNCCC(=O)NCC(=O)Nc1ccc(F)cc1.Cl. The summed E-state index contributed by atoms with van der Waals surface area (Å²) in [5, 5.41) is 7.86. The second kappa shape index (κ2) is 9.29. The van der Waals surface area contributed by atoms with Gasteiger partial charge < -0.3 is 16.0 Å². The van der Waals surface area contributed by atoms with Crippen LogP contribution in [0.25, 0.3) is 0 Å². The van der Waals surface area contributed by atoms with Crippen LogP contribution in [-0.2, 0) is 9.59 Å². The number of rotatable bonds is 6. The fourth-order valence-corrected chi connectivity index (χ4v) is 1.24. The van der Waals surface area contributed by atoms with Crippen LogP contribution >= 0.6 is 12.4 Å². The summed E-state index contributed by atoms with van der Waals surface area (Å²) in [6, 6.07) is 5.41. The van der Waals surface area contributed by atoms with Gasteiger partial charge in [0.05, 0.1) is 6.54 Å². The summed E-state index contributed by atoms with van der Waals surface area (Å²) in [7, 11) is 1.74. The van der Waals surface area contributed by atoms with Crippen molar-refractivity contribution in [1.29, 1.82) is 0 Å². The lowest BCUT2D eigenvalue weighted by molar-refractivity contribution is -0.124. The normalized spacial score (nSPS) is 9.37. The minimum atomic E-state index is -0.367. The zero-order chi connectivity index (χ0) is 13.4. The number of hydrogen-bond donors (Lipinski definition) is 3. The molecule has 0 saturated carbocycles. The molecule has 5 nitrogen and oxygen atoms in total. The average molecular weight is 290 g/mol. The Morgan fingerprint density at radius 1 is 1.16 bits per heavy atom. The number of nitrogens with one attached hydrogen (secondary N) is 3. The van der Waals surface area contributed by atoms with Crippen LogP contribution in [0.1, 0.15) is 6.42 Å². The zero-order valence-electron chi connectivity index (χ0n) is 10.5. The Labute approximate surface area is 117 Å². The van der Waals surface area contributed by atoms with Gasteiger partial charge in [-0.3, -0.25) is 9.59 Å². The average Bonchev–Trinajstić information content (AvgIpc) is 2.36. The van der Waals surface area contributed by atoms with E-state index < -0.39 is 0 Å². The van der Waals surface area contributed by atoms with Crippen molar-refractivity contribution < 1.29 is 14.0 Å². The van der Waals surface area contributed by atoms with Crippen molar-refractivity contribution in [2.24, 2.45) is 0 Å². The molecule has 3 N–H and O–H groups in total. The summed E-state index contributed by atoms with van der Waals surface area (Å²) < 4.78 is 12.6. The molecule has 0 aliphatic rings. The smallest absolute Gasteiger partial charge is 0.243 e. The first kappa shape index (κ1) is 17.3. The third-order valence-electron chi connectivity index (χ3n) is 2.18. The van der Waals surface area contributed by atoms with E-state index in [0.29, 0.717) is 18.7 Å². The van der Waals surface area contributed by atoms with E-state index in [1.807, 2.05) is 0 Å². The van der Waals surface area contributed by atoms with Gasteiger partial charge in [0.15, 0.2) is 0 Å². The molecule has 0 atom stereocenters. The fourth-order valence-electron chi connectivity index (χ4n) is 1.24. The monoisotopic (exact) mass is 289 g/mol. The highest BCUT2D eigenvalue weighted by atomic mass is 35.5. The topological polar surface area (TPSA) is 70.2 Å². The number of carbonyl (C=O) groups excluding carboxylic acids is 2. The molecule has 0 radical (unpaired) electrons. The molecule has 0 fully saturated rings. The van der Waals surface area contributed by atoms with Crippen LogP contribution in [0, 0.1) is 5.82 Å². The summed E-state index contributed by atoms with van der Waals surface area (Å²) in [4.78, 5) is 22.7. The molecular weight excluding hydrogens is 273 g/mol. The molecule has 0 aromatic heterocycles. The van der Waals surface area contributed by atoms with E-state index in [1.54, 1.807) is 7.05 Å². The lowest BCUT2D eigenvalue weighted by Crippen LogP contribution is -2.34. The molecule has 0 aliphatic carbocycles. The maximum atomic E-state index is 12.6. The maximum absolute atomic E-state index is 12.6. The predicted molar refractivity (Wildman–Crippen MR) is 73.8 cm³/mol. The fraction of sp³-hybridized carbons (Fsp3) is 0.333. The molecule has 0 bridgehead atoms. The van der Waals surface area contributed by atoms with Crippen molar-refractivity contribution in [3.05, 3.63) is 30.1 Å². The molecule has 0 aliphatic heterocycles. The maximum Gasteiger partial charge on any atom is 0.243 e. The predicted octanol–water partition coefficient (Wildman–Crippen LogP) is 0.912. The van der Waals surface area contributed by atoms with E-state index >= 15 is 0 Å². The first-order valence-electron chi connectivity index (χ1n) is 5.58. The third kappa shape index (κ3) is 7.38. The molecule has 1 aromatic carbocycles. The molecule has 106 valence electrons. The van der Waals surface area contributed by atoms with Crippen LogP contribution < -0.4 is 16.0 Å². The van der Waals surface area contributed by atoms with Crippen molar-refractivity contribution in [2.75, 3.05) is 25.5 Å². The second-order valence-electron chi connectivity index (χ2n) is 3.69. The highest BCUT2D eigenvalue weighted by molar-refractivity contribution is 5.94. The van der Waals surface area contributed by atoms with Crippen molar-refractivity contribution in [3.8, 4) is 0 Å². The highest BCUT2D eigenvalue weighted by Gasteiger charge is 2.05. The van der Waals surface area contributed by atoms with Crippen molar-refractivity contribution in [1.82, 2.24) is 10.6 Å². The number of hydrogen-bond acceptors (Lipinski definition) is 3. The zero-order valence-corrected chi connectivity index (χ0v) is 11.3.